The van der Waals surface area contributed by atoms with Gasteiger partial charge in [-0.15, -0.1) is 0 Å². The van der Waals surface area contributed by atoms with Gasteiger partial charge >= 0.3 is 0 Å². The molecule has 0 aliphatic carbocycles. The molecule has 142 valence electrons. The number of rotatable bonds is 10. The summed E-state index contributed by atoms with van der Waals surface area (Å²) in [6, 6.07) is 16.1. The van der Waals surface area contributed by atoms with Crippen molar-refractivity contribution in [2.45, 2.75) is 25.8 Å². The average molecular weight is 364 g/mol. The Morgan fingerprint density at radius 1 is 1.04 bits per heavy atom. The number of hydrogen-bond donors (Lipinski definition) is 2. The Bertz CT molecular complexity index is 883. The van der Waals surface area contributed by atoms with E-state index in [2.05, 4.69) is 61.2 Å². The largest absolute Gasteiger partial charge is 0.488 e. The molecule has 27 heavy (non-hydrogen) atoms. The standard InChI is InChI=1S/C23H28N2O2/c1-4-14-26-21-11-7-8-12-22(21)27-15-13-25-23(2,3)16-18-17-24-20-10-6-5-9-19(18)20/h4-12,17,24-25H,1,13-16H2,2-3H3. The van der Waals surface area contributed by atoms with Crippen LogP contribution in [0.5, 0.6) is 11.5 Å². The highest BCUT2D eigenvalue weighted by Crippen LogP contribution is 2.26. The molecule has 2 aromatic carbocycles. The van der Waals surface area contributed by atoms with E-state index in [1.54, 1.807) is 6.08 Å². The minimum atomic E-state index is -0.0345. The Hall–Kier alpha value is -2.72. The summed E-state index contributed by atoms with van der Waals surface area (Å²) in [5.74, 6) is 1.51. The molecular weight excluding hydrogens is 336 g/mol. The lowest BCUT2D eigenvalue weighted by atomic mass is 9.94. The first-order valence-electron chi connectivity index (χ1n) is 9.34. The summed E-state index contributed by atoms with van der Waals surface area (Å²) in [7, 11) is 0. The van der Waals surface area contributed by atoms with Gasteiger partial charge in [-0.05, 0) is 44.0 Å². The first-order valence-corrected chi connectivity index (χ1v) is 9.34. The maximum Gasteiger partial charge on any atom is 0.161 e. The minimum Gasteiger partial charge on any atom is -0.488 e. The predicted molar refractivity (Wildman–Crippen MR) is 112 cm³/mol. The zero-order valence-electron chi connectivity index (χ0n) is 16.1. The van der Waals surface area contributed by atoms with Crippen molar-refractivity contribution in [3.05, 3.63) is 72.9 Å². The molecule has 1 aromatic heterocycles. The third kappa shape index (κ3) is 5.14. The van der Waals surface area contributed by atoms with Crippen LogP contribution < -0.4 is 14.8 Å². The van der Waals surface area contributed by atoms with E-state index in [0.717, 1.165) is 24.5 Å². The van der Waals surface area contributed by atoms with Crippen molar-refractivity contribution in [1.29, 1.82) is 0 Å². The summed E-state index contributed by atoms with van der Waals surface area (Å²) in [5, 5.41) is 4.89. The van der Waals surface area contributed by atoms with E-state index in [-0.39, 0.29) is 5.54 Å². The van der Waals surface area contributed by atoms with Crippen LogP contribution in [0.2, 0.25) is 0 Å². The van der Waals surface area contributed by atoms with Crippen molar-refractivity contribution in [1.82, 2.24) is 10.3 Å². The lowest BCUT2D eigenvalue weighted by Crippen LogP contribution is -2.43. The summed E-state index contributed by atoms with van der Waals surface area (Å²) in [6.07, 6.45) is 4.78. The summed E-state index contributed by atoms with van der Waals surface area (Å²) >= 11 is 0. The molecule has 3 rings (SSSR count). The highest BCUT2D eigenvalue weighted by Gasteiger charge is 2.19. The van der Waals surface area contributed by atoms with Gasteiger partial charge in [-0.3, -0.25) is 0 Å². The Kier molecular flexibility index (Phi) is 6.20. The number of aromatic amines is 1. The smallest absolute Gasteiger partial charge is 0.161 e. The summed E-state index contributed by atoms with van der Waals surface area (Å²) in [4.78, 5) is 3.35. The van der Waals surface area contributed by atoms with Crippen molar-refractivity contribution < 1.29 is 9.47 Å². The van der Waals surface area contributed by atoms with Crippen molar-refractivity contribution in [2.75, 3.05) is 19.8 Å². The summed E-state index contributed by atoms with van der Waals surface area (Å²) < 4.78 is 11.5. The number of benzene rings is 2. The number of nitrogens with one attached hydrogen (secondary N) is 2. The van der Waals surface area contributed by atoms with Gasteiger partial charge in [0.05, 0.1) is 0 Å². The molecule has 0 bridgehead atoms. The van der Waals surface area contributed by atoms with E-state index in [1.807, 2.05) is 24.3 Å². The lowest BCUT2D eigenvalue weighted by molar-refractivity contribution is 0.264. The molecule has 4 heteroatoms. The topological polar surface area (TPSA) is 46.3 Å². The highest BCUT2D eigenvalue weighted by molar-refractivity contribution is 5.83. The van der Waals surface area contributed by atoms with E-state index in [4.69, 9.17) is 9.47 Å². The Labute approximate surface area is 161 Å². The fraction of sp³-hybridized carbons (Fsp3) is 0.304. The molecule has 0 unspecified atom stereocenters. The molecule has 0 amide bonds. The van der Waals surface area contributed by atoms with Gasteiger partial charge in [-0.1, -0.05) is 43.0 Å². The van der Waals surface area contributed by atoms with Crippen LogP contribution >= 0.6 is 0 Å². The van der Waals surface area contributed by atoms with Crippen LogP contribution in [0.25, 0.3) is 10.9 Å². The third-order valence-corrected chi connectivity index (χ3v) is 4.48. The van der Waals surface area contributed by atoms with Gasteiger partial charge < -0.3 is 19.8 Å². The van der Waals surface area contributed by atoms with Crippen LogP contribution in [0.1, 0.15) is 19.4 Å². The SMILES string of the molecule is C=CCOc1ccccc1OCCNC(C)(C)Cc1c[nH]c2ccccc12. The van der Waals surface area contributed by atoms with Crippen molar-refractivity contribution in [2.24, 2.45) is 0 Å². The number of hydrogen-bond acceptors (Lipinski definition) is 3. The maximum absolute atomic E-state index is 5.91. The minimum absolute atomic E-state index is 0.0345. The van der Waals surface area contributed by atoms with Crippen molar-refractivity contribution >= 4 is 10.9 Å². The zero-order chi connectivity index (χ0) is 19.1. The molecule has 0 spiro atoms. The maximum atomic E-state index is 5.91. The summed E-state index contributed by atoms with van der Waals surface area (Å²) in [5.41, 5.74) is 2.47. The van der Waals surface area contributed by atoms with E-state index >= 15 is 0 Å². The first-order chi connectivity index (χ1) is 13.1. The molecule has 1 heterocycles. The quantitative estimate of drug-likeness (QED) is 0.404. The molecule has 0 atom stereocenters. The van der Waals surface area contributed by atoms with Crippen LogP contribution in [-0.2, 0) is 6.42 Å². The number of aromatic nitrogens is 1. The van der Waals surface area contributed by atoms with Crippen molar-refractivity contribution in [3.63, 3.8) is 0 Å². The molecule has 0 saturated carbocycles. The molecule has 0 radical (unpaired) electrons. The Morgan fingerprint density at radius 3 is 2.52 bits per heavy atom. The molecule has 0 aliphatic rings. The van der Waals surface area contributed by atoms with Crippen LogP contribution in [0.15, 0.2) is 67.4 Å². The fourth-order valence-electron chi connectivity index (χ4n) is 3.20. The monoisotopic (exact) mass is 364 g/mol. The van der Waals surface area contributed by atoms with E-state index in [0.29, 0.717) is 13.2 Å². The molecule has 0 aliphatic heterocycles. The second-order valence-corrected chi connectivity index (χ2v) is 7.24. The molecule has 3 aromatic rings. The van der Waals surface area contributed by atoms with Crippen LogP contribution in [-0.4, -0.2) is 30.3 Å². The molecule has 0 saturated heterocycles. The van der Waals surface area contributed by atoms with Crippen LogP contribution in [0.3, 0.4) is 0 Å². The Balaban J connectivity index is 1.52. The van der Waals surface area contributed by atoms with Gasteiger partial charge in [-0.2, -0.15) is 0 Å². The van der Waals surface area contributed by atoms with Gasteiger partial charge in [0.1, 0.15) is 13.2 Å². The second-order valence-electron chi connectivity index (χ2n) is 7.24. The van der Waals surface area contributed by atoms with Gasteiger partial charge in [0.15, 0.2) is 11.5 Å². The van der Waals surface area contributed by atoms with Crippen LogP contribution in [0.4, 0.5) is 0 Å². The zero-order valence-corrected chi connectivity index (χ0v) is 16.1. The summed E-state index contributed by atoms with van der Waals surface area (Å²) in [6.45, 7) is 9.91. The van der Waals surface area contributed by atoms with E-state index in [9.17, 15) is 0 Å². The first kappa shape index (κ1) is 19.1. The second kappa shape index (κ2) is 8.78. The van der Waals surface area contributed by atoms with E-state index in [1.165, 1.54) is 16.5 Å². The number of fused-ring (bicyclic) bond motifs is 1. The van der Waals surface area contributed by atoms with Crippen LogP contribution in [0, 0.1) is 0 Å². The molecular formula is C23H28N2O2. The fourth-order valence-corrected chi connectivity index (χ4v) is 3.20. The third-order valence-electron chi connectivity index (χ3n) is 4.48. The van der Waals surface area contributed by atoms with Gasteiger partial charge in [0, 0.05) is 29.2 Å². The Morgan fingerprint density at radius 2 is 1.74 bits per heavy atom. The highest BCUT2D eigenvalue weighted by atomic mass is 16.5. The molecule has 0 fully saturated rings. The number of para-hydroxylation sites is 3. The molecule has 4 nitrogen and oxygen atoms in total. The van der Waals surface area contributed by atoms with Gasteiger partial charge in [0.25, 0.3) is 0 Å². The van der Waals surface area contributed by atoms with Gasteiger partial charge in [0.2, 0.25) is 0 Å². The average Bonchev–Trinajstić information content (AvgIpc) is 3.07. The number of ether oxygens (including phenoxy) is 2. The predicted octanol–water partition coefficient (Wildman–Crippen LogP) is 4.72. The number of H-pyrrole nitrogens is 1. The lowest BCUT2D eigenvalue weighted by Gasteiger charge is -2.26. The van der Waals surface area contributed by atoms with E-state index < -0.39 is 0 Å². The van der Waals surface area contributed by atoms with Crippen molar-refractivity contribution in [3.8, 4) is 11.5 Å². The van der Waals surface area contributed by atoms with Gasteiger partial charge in [-0.25, -0.2) is 0 Å². The normalized spacial score (nSPS) is 11.5. The molecule has 2 N–H and O–H groups in total.